The van der Waals surface area contributed by atoms with Crippen LogP contribution in [0.1, 0.15) is 26.3 Å². The highest BCUT2D eigenvalue weighted by Crippen LogP contribution is 2.30. The number of nitrogens with zero attached hydrogens (tertiary/aromatic N) is 1. The summed E-state index contributed by atoms with van der Waals surface area (Å²) < 4.78 is 16.0. The third kappa shape index (κ3) is 4.11. The quantitative estimate of drug-likeness (QED) is 0.358. The molecular formula is C19H21NO7. The zero-order valence-corrected chi connectivity index (χ0v) is 15.4. The largest absolute Gasteiger partial charge is 0.501 e. The predicted octanol–water partition coefficient (Wildman–Crippen LogP) is 3.04. The van der Waals surface area contributed by atoms with Gasteiger partial charge < -0.3 is 19.3 Å². The van der Waals surface area contributed by atoms with E-state index in [0.717, 1.165) is 0 Å². The van der Waals surface area contributed by atoms with E-state index in [1.165, 1.54) is 10.8 Å². The summed E-state index contributed by atoms with van der Waals surface area (Å²) >= 11 is 0. The second kappa shape index (κ2) is 8.88. The molecule has 0 bridgehead atoms. The first-order chi connectivity index (χ1) is 13.0. The number of aromatic nitrogens is 1. The lowest BCUT2D eigenvalue weighted by Gasteiger charge is -2.09. The smallest absolute Gasteiger partial charge is 0.418 e. The lowest BCUT2D eigenvalue weighted by Crippen LogP contribution is -2.16. The van der Waals surface area contributed by atoms with Crippen LogP contribution in [0, 0.1) is 0 Å². The second-order valence-corrected chi connectivity index (χ2v) is 5.29. The Kier molecular flexibility index (Phi) is 6.59. The Morgan fingerprint density at radius 1 is 0.926 bits per heavy atom. The molecule has 0 spiro atoms. The summed E-state index contributed by atoms with van der Waals surface area (Å²) in [4.78, 5) is 36.7. The third-order valence-corrected chi connectivity index (χ3v) is 3.63. The van der Waals surface area contributed by atoms with E-state index in [9.17, 15) is 19.5 Å². The fraction of sp³-hybridized carbons (Fsp3) is 0.316. The van der Waals surface area contributed by atoms with Gasteiger partial charge in [-0.2, -0.15) is 0 Å². The van der Waals surface area contributed by atoms with Crippen molar-refractivity contribution in [3.05, 3.63) is 41.8 Å². The molecule has 1 N–H and O–H groups in total. The average molecular weight is 375 g/mol. The van der Waals surface area contributed by atoms with Crippen LogP contribution in [0.15, 0.2) is 36.2 Å². The number of fused-ring (bicyclic) bond motifs is 1. The van der Waals surface area contributed by atoms with E-state index in [-0.39, 0.29) is 31.0 Å². The van der Waals surface area contributed by atoms with E-state index in [4.69, 9.17) is 14.2 Å². The van der Waals surface area contributed by atoms with Crippen molar-refractivity contribution in [1.82, 2.24) is 4.57 Å². The van der Waals surface area contributed by atoms with Gasteiger partial charge in [0.2, 0.25) is 5.76 Å². The van der Waals surface area contributed by atoms with Gasteiger partial charge in [0.25, 0.3) is 0 Å². The molecule has 0 atom stereocenters. The van der Waals surface area contributed by atoms with E-state index >= 15 is 0 Å². The van der Waals surface area contributed by atoms with Gasteiger partial charge in [-0.15, -0.1) is 0 Å². The molecule has 2 rings (SSSR count). The third-order valence-electron chi connectivity index (χ3n) is 3.63. The van der Waals surface area contributed by atoms with E-state index in [1.54, 1.807) is 45.0 Å². The molecule has 0 fully saturated rings. The molecule has 0 amide bonds. The van der Waals surface area contributed by atoms with Gasteiger partial charge in [0, 0.05) is 17.1 Å². The monoisotopic (exact) mass is 375 g/mol. The van der Waals surface area contributed by atoms with Crippen LogP contribution in [-0.4, -0.2) is 47.5 Å². The maximum absolute atomic E-state index is 12.5. The first kappa shape index (κ1) is 20.0. The molecule has 0 saturated heterocycles. The highest BCUT2D eigenvalue weighted by Gasteiger charge is 2.28. The van der Waals surface area contributed by atoms with Gasteiger partial charge in [-0.25, -0.2) is 14.4 Å². The number of esters is 2. The zero-order chi connectivity index (χ0) is 20.0. The lowest BCUT2D eigenvalue weighted by molar-refractivity contribution is -0.142. The number of rotatable bonds is 6. The number of para-hydroxylation sites is 1. The molecule has 0 aliphatic rings. The van der Waals surface area contributed by atoms with Crippen molar-refractivity contribution >= 4 is 34.5 Å². The van der Waals surface area contributed by atoms with E-state index in [2.05, 4.69) is 0 Å². The molecule has 8 nitrogen and oxygen atoms in total. The summed E-state index contributed by atoms with van der Waals surface area (Å²) in [6.45, 7) is 5.05. The van der Waals surface area contributed by atoms with Crippen molar-refractivity contribution in [2.45, 2.75) is 20.8 Å². The standard InChI is InChI=1S/C19H21NO7/c1-4-25-17(22)15(16(21)18(23)26-5-2)13-11-20(19(24)27-6-3)14-10-8-7-9-12(13)14/h7-11,21H,4-6H2,1-3H3/b16-15+. The van der Waals surface area contributed by atoms with Crippen LogP contribution in [0.25, 0.3) is 16.5 Å². The Bertz CT molecular complexity index is 895. The van der Waals surface area contributed by atoms with Crippen LogP contribution in [0.3, 0.4) is 0 Å². The highest BCUT2D eigenvalue weighted by atomic mass is 16.6. The van der Waals surface area contributed by atoms with Gasteiger partial charge in [0.1, 0.15) is 5.57 Å². The molecule has 0 aliphatic carbocycles. The number of hydrogen-bond donors (Lipinski definition) is 1. The van der Waals surface area contributed by atoms with Gasteiger partial charge in [-0.1, -0.05) is 18.2 Å². The number of ether oxygens (including phenoxy) is 3. The number of aliphatic hydroxyl groups is 1. The van der Waals surface area contributed by atoms with Crippen LogP contribution < -0.4 is 0 Å². The molecule has 1 heterocycles. The van der Waals surface area contributed by atoms with Crippen LogP contribution in [0.2, 0.25) is 0 Å². The summed E-state index contributed by atoms with van der Waals surface area (Å²) in [7, 11) is 0. The summed E-state index contributed by atoms with van der Waals surface area (Å²) in [5, 5.41) is 10.8. The van der Waals surface area contributed by atoms with Gasteiger partial charge in [-0.05, 0) is 26.8 Å². The summed E-state index contributed by atoms with van der Waals surface area (Å²) in [6.07, 6.45) is 0.670. The Balaban J connectivity index is 2.74. The molecule has 1 aromatic heterocycles. The fourth-order valence-electron chi connectivity index (χ4n) is 2.56. The Labute approximate surface area is 155 Å². The van der Waals surface area contributed by atoms with Crippen molar-refractivity contribution in [3.63, 3.8) is 0 Å². The molecule has 0 unspecified atom stereocenters. The van der Waals surface area contributed by atoms with Crippen molar-refractivity contribution in [2.75, 3.05) is 19.8 Å². The van der Waals surface area contributed by atoms with E-state index in [0.29, 0.717) is 10.9 Å². The molecule has 1 aromatic carbocycles. The molecule has 144 valence electrons. The maximum Gasteiger partial charge on any atom is 0.418 e. The van der Waals surface area contributed by atoms with Crippen LogP contribution in [-0.2, 0) is 23.8 Å². The number of carbonyl (C=O) groups excluding carboxylic acids is 3. The van der Waals surface area contributed by atoms with Crippen molar-refractivity contribution in [1.29, 1.82) is 0 Å². The molecular weight excluding hydrogens is 354 g/mol. The minimum atomic E-state index is -1.06. The minimum absolute atomic E-state index is 0.0174. The van der Waals surface area contributed by atoms with E-state index in [1.807, 2.05) is 0 Å². The number of aliphatic hydroxyl groups excluding tert-OH is 1. The zero-order valence-electron chi connectivity index (χ0n) is 15.4. The number of carbonyl (C=O) groups is 3. The maximum atomic E-state index is 12.5. The summed E-state index contributed by atoms with van der Waals surface area (Å²) in [6, 6.07) is 6.71. The molecule has 0 aliphatic heterocycles. The molecule has 8 heteroatoms. The SMILES string of the molecule is CCOC(=O)/C(O)=C(\C(=O)OCC)c1cn(C(=O)OCC)c2ccccc12. The Morgan fingerprint density at radius 2 is 1.52 bits per heavy atom. The highest BCUT2D eigenvalue weighted by molar-refractivity contribution is 6.25. The van der Waals surface area contributed by atoms with Crippen molar-refractivity contribution < 1.29 is 33.7 Å². The molecule has 0 saturated carbocycles. The normalized spacial score (nSPS) is 11.7. The first-order valence-corrected chi connectivity index (χ1v) is 8.51. The predicted molar refractivity (Wildman–Crippen MR) is 97.2 cm³/mol. The summed E-state index contributed by atoms with van der Waals surface area (Å²) in [5.41, 5.74) is 0.224. The molecule has 2 aromatic rings. The van der Waals surface area contributed by atoms with Crippen LogP contribution in [0.4, 0.5) is 4.79 Å². The van der Waals surface area contributed by atoms with E-state index < -0.39 is 23.8 Å². The second-order valence-electron chi connectivity index (χ2n) is 5.29. The fourth-order valence-corrected chi connectivity index (χ4v) is 2.56. The van der Waals surface area contributed by atoms with Gasteiger partial charge in [0.15, 0.2) is 0 Å². The van der Waals surface area contributed by atoms with Crippen molar-refractivity contribution in [2.24, 2.45) is 0 Å². The number of benzene rings is 1. The van der Waals surface area contributed by atoms with Gasteiger partial charge in [0.05, 0.1) is 25.3 Å². The first-order valence-electron chi connectivity index (χ1n) is 8.51. The van der Waals surface area contributed by atoms with Gasteiger partial charge >= 0.3 is 18.0 Å². The summed E-state index contributed by atoms with van der Waals surface area (Å²) in [5.74, 6) is -2.86. The average Bonchev–Trinajstić information content (AvgIpc) is 3.02. The van der Waals surface area contributed by atoms with Crippen molar-refractivity contribution in [3.8, 4) is 0 Å². The van der Waals surface area contributed by atoms with Gasteiger partial charge in [-0.3, -0.25) is 4.57 Å². The van der Waals surface area contributed by atoms with Crippen LogP contribution in [0.5, 0.6) is 0 Å². The topological polar surface area (TPSA) is 104 Å². The lowest BCUT2D eigenvalue weighted by atomic mass is 10.0. The van der Waals surface area contributed by atoms with Crippen LogP contribution >= 0.6 is 0 Å². The Morgan fingerprint density at radius 3 is 2.15 bits per heavy atom. The minimum Gasteiger partial charge on any atom is -0.501 e. The molecule has 0 radical (unpaired) electrons. The number of hydrogen-bond acceptors (Lipinski definition) is 7. The Hall–Kier alpha value is -3.29. The molecule has 27 heavy (non-hydrogen) atoms.